The maximum Gasteiger partial charge on any atom is 0.191 e. The summed E-state index contributed by atoms with van der Waals surface area (Å²) in [6, 6.07) is 6.39. The summed E-state index contributed by atoms with van der Waals surface area (Å²) in [6.45, 7) is 9.50. The molecule has 1 fully saturated rings. The maximum absolute atomic E-state index is 11.4. The molecular formula is C20H35N5O2S. The van der Waals surface area contributed by atoms with Gasteiger partial charge in [0, 0.05) is 44.7 Å². The van der Waals surface area contributed by atoms with Crippen molar-refractivity contribution in [2.45, 2.75) is 46.1 Å². The van der Waals surface area contributed by atoms with Crippen LogP contribution in [-0.2, 0) is 9.84 Å². The van der Waals surface area contributed by atoms with E-state index >= 15 is 0 Å². The Hall–Kier alpha value is -1.83. The van der Waals surface area contributed by atoms with E-state index in [0.717, 1.165) is 44.3 Å². The molecule has 0 aromatic carbocycles. The third-order valence-corrected chi connectivity index (χ3v) is 5.91. The molecule has 0 radical (unpaired) electrons. The molecule has 2 N–H and O–H groups in total. The summed E-state index contributed by atoms with van der Waals surface area (Å²) >= 11 is 0. The Bertz CT molecular complexity index is 726. The van der Waals surface area contributed by atoms with Crippen LogP contribution in [-0.4, -0.2) is 63.6 Å². The number of piperidine rings is 1. The van der Waals surface area contributed by atoms with Crippen LogP contribution in [0.4, 0.5) is 5.82 Å². The van der Waals surface area contributed by atoms with E-state index < -0.39 is 9.84 Å². The number of rotatable bonds is 8. The van der Waals surface area contributed by atoms with Crippen LogP contribution >= 0.6 is 0 Å². The number of hydrogen-bond donors (Lipinski definition) is 2. The average molecular weight is 410 g/mol. The third-order valence-electron chi connectivity index (χ3n) is 4.97. The van der Waals surface area contributed by atoms with Crippen molar-refractivity contribution in [3.8, 4) is 0 Å². The number of nitrogens with one attached hydrogen (secondary N) is 2. The Labute approximate surface area is 169 Å². The molecule has 28 heavy (non-hydrogen) atoms. The molecule has 0 amide bonds. The minimum Gasteiger partial charge on any atom is -0.357 e. The van der Waals surface area contributed by atoms with Crippen molar-refractivity contribution >= 4 is 21.6 Å². The molecule has 1 saturated heterocycles. The van der Waals surface area contributed by atoms with Crippen molar-refractivity contribution in [3.05, 3.63) is 24.4 Å². The zero-order chi connectivity index (χ0) is 20.6. The van der Waals surface area contributed by atoms with Crippen LogP contribution in [0.25, 0.3) is 0 Å². The van der Waals surface area contributed by atoms with Crippen molar-refractivity contribution in [2.75, 3.05) is 43.1 Å². The van der Waals surface area contributed by atoms with E-state index in [0.29, 0.717) is 19.0 Å². The number of nitrogens with zero attached hydrogens (tertiary/aromatic N) is 3. The van der Waals surface area contributed by atoms with E-state index in [1.165, 1.54) is 6.26 Å². The lowest BCUT2D eigenvalue weighted by Gasteiger charge is -2.34. The number of anilines is 1. The van der Waals surface area contributed by atoms with E-state index in [9.17, 15) is 8.42 Å². The number of aliphatic imine (C=N–C) groups is 1. The van der Waals surface area contributed by atoms with Gasteiger partial charge >= 0.3 is 0 Å². The summed E-state index contributed by atoms with van der Waals surface area (Å²) < 4.78 is 22.9. The van der Waals surface area contributed by atoms with Crippen LogP contribution in [0, 0.1) is 5.41 Å². The lowest BCUT2D eigenvalue weighted by atomic mass is 9.90. The molecule has 7 nitrogen and oxygen atoms in total. The molecule has 1 aliphatic rings. The lowest BCUT2D eigenvalue weighted by molar-refractivity contribution is 0.364. The standard InChI is InChI=1S/C20H35N5O2S/c1-5-21-19(23-16-20(2,3)11-15-28(4,26)27)24-17-9-13-25(14-10-17)18-8-6-7-12-22-18/h6-8,12,17H,5,9-11,13-16H2,1-4H3,(H2,21,23,24). The van der Waals surface area contributed by atoms with Crippen LogP contribution < -0.4 is 15.5 Å². The van der Waals surface area contributed by atoms with E-state index in [-0.39, 0.29) is 11.2 Å². The quantitative estimate of drug-likeness (QED) is 0.505. The largest absolute Gasteiger partial charge is 0.357 e. The first kappa shape index (κ1) is 22.5. The molecule has 0 atom stereocenters. The highest BCUT2D eigenvalue weighted by atomic mass is 32.2. The van der Waals surface area contributed by atoms with Crippen molar-refractivity contribution < 1.29 is 8.42 Å². The molecule has 0 bridgehead atoms. The predicted octanol–water partition coefficient (Wildman–Crippen LogP) is 2.07. The van der Waals surface area contributed by atoms with Gasteiger partial charge in [-0.3, -0.25) is 4.99 Å². The maximum atomic E-state index is 11.4. The second-order valence-electron chi connectivity index (χ2n) is 8.33. The number of pyridine rings is 1. The highest BCUT2D eigenvalue weighted by Gasteiger charge is 2.22. The van der Waals surface area contributed by atoms with Gasteiger partial charge in [-0.1, -0.05) is 19.9 Å². The fraction of sp³-hybridized carbons (Fsp3) is 0.700. The Kier molecular flexibility index (Phi) is 8.10. The van der Waals surface area contributed by atoms with Gasteiger partial charge in [-0.2, -0.15) is 0 Å². The molecule has 2 heterocycles. The van der Waals surface area contributed by atoms with Gasteiger partial charge in [0.15, 0.2) is 5.96 Å². The van der Waals surface area contributed by atoms with Crippen molar-refractivity contribution in [2.24, 2.45) is 10.4 Å². The normalized spacial score (nSPS) is 16.9. The Morgan fingerprint density at radius 3 is 2.61 bits per heavy atom. The molecule has 2 rings (SSSR count). The summed E-state index contributed by atoms with van der Waals surface area (Å²) in [6.07, 6.45) is 5.78. The summed E-state index contributed by atoms with van der Waals surface area (Å²) in [4.78, 5) is 11.5. The third kappa shape index (κ3) is 8.04. The molecule has 158 valence electrons. The monoisotopic (exact) mass is 409 g/mol. The van der Waals surface area contributed by atoms with Crippen molar-refractivity contribution in [1.82, 2.24) is 15.6 Å². The smallest absolute Gasteiger partial charge is 0.191 e. The lowest BCUT2D eigenvalue weighted by Crippen LogP contribution is -2.49. The molecule has 1 aliphatic heterocycles. The van der Waals surface area contributed by atoms with Gasteiger partial charge in [0.1, 0.15) is 15.7 Å². The van der Waals surface area contributed by atoms with Crippen LogP contribution in [0.15, 0.2) is 29.4 Å². The van der Waals surface area contributed by atoms with E-state index in [2.05, 4.69) is 47.4 Å². The van der Waals surface area contributed by atoms with Crippen LogP contribution in [0.1, 0.15) is 40.0 Å². The fourth-order valence-electron chi connectivity index (χ4n) is 3.14. The number of sulfone groups is 1. The fourth-order valence-corrected chi connectivity index (χ4v) is 4.06. The number of guanidine groups is 1. The summed E-state index contributed by atoms with van der Waals surface area (Å²) in [5.74, 6) is 2.05. The van der Waals surface area contributed by atoms with Crippen LogP contribution in [0.2, 0.25) is 0 Å². The highest BCUT2D eigenvalue weighted by Crippen LogP contribution is 2.22. The van der Waals surface area contributed by atoms with Gasteiger partial charge in [-0.05, 0) is 43.7 Å². The first-order chi connectivity index (χ1) is 13.2. The minimum atomic E-state index is -2.95. The van der Waals surface area contributed by atoms with Gasteiger partial charge in [0.05, 0.1) is 5.75 Å². The van der Waals surface area contributed by atoms with Gasteiger partial charge in [-0.25, -0.2) is 13.4 Å². The zero-order valence-electron chi connectivity index (χ0n) is 17.6. The van der Waals surface area contributed by atoms with E-state index in [1.807, 2.05) is 18.3 Å². The molecule has 0 spiro atoms. The number of aromatic nitrogens is 1. The zero-order valence-corrected chi connectivity index (χ0v) is 18.4. The topological polar surface area (TPSA) is 86.7 Å². The summed E-state index contributed by atoms with van der Waals surface area (Å²) in [5.41, 5.74) is -0.159. The molecular weight excluding hydrogens is 374 g/mol. The minimum absolute atomic E-state index is 0.159. The van der Waals surface area contributed by atoms with Gasteiger partial charge in [0.2, 0.25) is 0 Å². The Balaban J connectivity index is 1.87. The van der Waals surface area contributed by atoms with Crippen LogP contribution in [0.5, 0.6) is 0 Å². The highest BCUT2D eigenvalue weighted by molar-refractivity contribution is 7.90. The van der Waals surface area contributed by atoms with Crippen molar-refractivity contribution in [3.63, 3.8) is 0 Å². The number of hydrogen-bond acceptors (Lipinski definition) is 5. The molecule has 1 aromatic rings. The predicted molar refractivity (Wildman–Crippen MR) is 117 cm³/mol. The average Bonchev–Trinajstić information content (AvgIpc) is 2.66. The van der Waals surface area contributed by atoms with E-state index in [4.69, 9.17) is 4.99 Å². The molecule has 8 heteroatoms. The summed E-state index contributed by atoms with van der Waals surface area (Å²) in [7, 11) is -2.95. The second-order valence-corrected chi connectivity index (χ2v) is 10.6. The van der Waals surface area contributed by atoms with Gasteiger partial charge in [-0.15, -0.1) is 0 Å². The molecule has 1 aromatic heterocycles. The Morgan fingerprint density at radius 2 is 2.04 bits per heavy atom. The molecule has 0 saturated carbocycles. The van der Waals surface area contributed by atoms with Gasteiger partial charge in [0.25, 0.3) is 0 Å². The van der Waals surface area contributed by atoms with E-state index in [1.54, 1.807) is 0 Å². The molecule has 0 unspecified atom stereocenters. The first-order valence-corrected chi connectivity index (χ1v) is 12.1. The molecule has 0 aliphatic carbocycles. The first-order valence-electron chi connectivity index (χ1n) is 10.1. The van der Waals surface area contributed by atoms with Crippen molar-refractivity contribution in [1.29, 1.82) is 0 Å². The second kappa shape index (κ2) is 10.1. The Morgan fingerprint density at radius 1 is 1.32 bits per heavy atom. The van der Waals surface area contributed by atoms with Gasteiger partial charge < -0.3 is 15.5 Å². The summed E-state index contributed by atoms with van der Waals surface area (Å²) in [5, 5.41) is 6.86. The SMILES string of the molecule is CCNC(=NCC(C)(C)CCS(C)(=O)=O)NC1CCN(c2ccccn2)CC1. The van der Waals surface area contributed by atoms with Crippen LogP contribution in [0.3, 0.4) is 0 Å².